The van der Waals surface area contributed by atoms with Crippen LogP contribution in [0.15, 0.2) is 157 Å². The Balaban J connectivity index is 0.000000184. The van der Waals surface area contributed by atoms with E-state index in [0.717, 1.165) is 5.56 Å². The Labute approximate surface area is 241 Å². The Morgan fingerprint density at radius 1 is 0.488 bits per heavy atom. The molecule has 0 fully saturated rings. The van der Waals surface area contributed by atoms with Crippen molar-refractivity contribution in [2.75, 3.05) is 0 Å². The smallest absolute Gasteiger partial charge is 0.0849 e. The molecule has 0 aliphatic carbocycles. The second-order valence-corrected chi connectivity index (χ2v) is 9.86. The molecule has 200 valence electrons. The first-order valence-corrected chi connectivity index (χ1v) is 13.7. The summed E-state index contributed by atoms with van der Waals surface area (Å²) in [4.78, 5) is 0. The first-order chi connectivity index (χ1) is 20.2. The summed E-state index contributed by atoms with van der Waals surface area (Å²) in [5.74, 6) is 0. The Morgan fingerprint density at radius 2 is 0.976 bits per heavy atom. The molecule has 0 saturated heterocycles. The van der Waals surface area contributed by atoms with Crippen molar-refractivity contribution < 1.29 is 0 Å². The topological polar surface area (TPSA) is 62.2 Å². The summed E-state index contributed by atoms with van der Waals surface area (Å²) in [6.07, 6.45) is 0. The molecular formula is C38H33N3. The third-order valence-electron chi connectivity index (χ3n) is 7.07. The molecule has 7 rings (SSSR count). The van der Waals surface area contributed by atoms with Crippen molar-refractivity contribution in [2.24, 2.45) is 10.8 Å². The van der Waals surface area contributed by atoms with Gasteiger partial charge in [-0.3, -0.25) is 0 Å². The Kier molecular flexibility index (Phi) is 8.90. The van der Waals surface area contributed by atoms with E-state index in [1.165, 1.54) is 49.0 Å². The molecule has 3 heteroatoms. The third kappa shape index (κ3) is 6.55. The molecule has 0 aromatic heterocycles. The van der Waals surface area contributed by atoms with Crippen LogP contribution < -0.4 is 5.73 Å². The van der Waals surface area contributed by atoms with Crippen molar-refractivity contribution >= 4 is 38.0 Å². The SMILES string of the molecule is Cc1ccccc1.N=Nc1ccccc1.NCc1cccc(-c2ccc3c4ccccc4c4ccccc4c3c2)c1. The summed E-state index contributed by atoms with van der Waals surface area (Å²) in [5, 5.41) is 11.1. The van der Waals surface area contributed by atoms with Crippen LogP contribution in [0.1, 0.15) is 11.1 Å². The number of rotatable bonds is 3. The van der Waals surface area contributed by atoms with Crippen LogP contribution in [0.5, 0.6) is 0 Å². The molecule has 7 aromatic rings. The van der Waals surface area contributed by atoms with Crippen LogP contribution in [0.2, 0.25) is 0 Å². The molecule has 0 bridgehead atoms. The molecule has 0 amide bonds. The highest BCUT2D eigenvalue weighted by Crippen LogP contribution is 2.37. The molecule has 3 nitrogen and oxygen atoms in total. The van der Waals surface area contributed by atoms with Crippen molar-refractivity contribution in [1.82, 2.24) is 0 Å². The normalized spacial score (nSPS) is 10.4. The highest BCUT2D eigenvalue weighted by atomic mass is 14.9. The molecule has 0 radical (unpaired) electrons. The lowest BCUT2D eigenvalue weighted by molar-refractivity contribution is 1.07. The second kappa shape index (κ2) is 13.3. The van der Waals surface area contributed by atoms with Gasteiger partial charge in [-0.05, 0) is 80.2 Å². The van der Waals surface area contributed by atoms with E-state index in [2.05, 4.69) is 115 Å². The summed E-state index contributed by atoms with van der Waals surface area (Å²) in [5.41, 5.74) is 18.0. The van der Waals surface area contributed by atoms with E-state index in [-0.39, 0.29) is 0 Å². The monoisotopic (exact) mass is 531 g/mol. The molecule has 0 atom stereocenters. The van der Waals surface area contributed by atoms with Gasteiger partial charge in [0.05, 0.1) is 5.69 Å². The van der Waals surface area contributed by atoms with Gasteiger partial charge in [-0.25, -0.2) is 5.53 Å². The van der Waals surface area contributed by atoms with Gasteiger partial charge in [-0.2, -0.15) is 5.11 Å². The molecule has 0 aliphatic heterocycles. The predicted octanol–water partition coefficient (Wildman–Crippen LogP) is 10.6. The Bertz CT molecular complexity index is 1860. The molecule has 0 spiro atoms. The molecule has 7 aromatic carbocycles. The summed E-state index contributed by atoms with van der Waals surface area (Å²) >= 11 is 0. The summed E-state index contributed by atoms with van der Waals surface area (Å²) in [6.45, 7) is 2.65. The zero-order valence-electron chi connectivity index (χ0n) is 23.2. The van der Waals surface area contributed by atoms with Crippen LogP contribution in [0.4, 0.5) is 5.69 Å². The number of benzene rings is 7. The van der Waals surface area contributed by atoms with Gasteiger partial charge in [0.15, 0.2) is 0 Å². The Morgan fingerprint density at radius 3 is 1.46 bits per heavy atom. The predicted molar refractivity (Wildman–Crippen MR) is 175 cm³/mol. The van der Waals surface area contributed by atoms with E-state index < -0.39 is 0 Å². The van der Waals surface area contributed by atoms with Gasteiger partial charge in [0.25, 0.3) is 0 Å². The standard InChI is InChI=1S/C25H19N.C7H8.C6H6N2/c26-16-17-6-5-7-18(14-17)19-12-13-24-22-10-2-1-8-20(22)21-9-3-4-11-23(21)25(24)15-19;1-7-5-3-2-4-6-7;7-8-6-4-2-1-3-5-6/h1-15H,16,26H2;2-6H,1H3;1-5,7H. The quantitative estimate of drug-likeness (QED) is 0.173. The number of para-hydroxylation sites is 1. The second-order valence-electron chi connectivity index (χ2n) is 9.86. The molecule has 41 heavy (non-hydrogen) atoms. The van der Waals surface area contributed by atoms with Crippen molar-refractivity contribution in [2.45, 2.75) is 13.5 Å². The van der Waals surface area contributed by atoms with Gasteiger partial charge in [0.1, 0.15) is 0 Å². The van der Waals surface area contributed by atoms with Gasteiger partial charge in [-0.1, -0.05) is 133 Å². The van der Waals surface area contributed by atoms with Gasteiger partial charge in [-0.15, -0.1) is 0 Å². The fraction of sp³-hybridized carbons (Fsp3) is 0.0526. The van der Waals surface area contributed by atoms with Gasteiger partial charge >= 0.3 is 0 Å². The number of nitrogens with two attached hydrogens (primary N) is 1. The maximum atomic E-state index is 6.57. The summed E-state index contributed by atoms with van der Waals surface area (Å²) < 4.78 is 0. The van der Waals surface area contributed by atoms with E-state index >= 15 is 0 Å². The van der Waals surface area contributed by atoms with E-state index in [1.807, 2.05) is 36.4 Å². The van der Waals surface area contributed by atoms with E-state index in [0.29, 0.717) is 12.2 Å². The minimum absolute atomic E-state index is 0.564. The van der Waals surface area contributed by atoms with Gasteiger partial charge in [0, 0.05) is 6.54 Å². The van der Waals surface area contributed by atoms with Gasteiger partial charge in [0.2, 0.25) is 0 Å². The van der Waals surface area contributed by atoms with Crippen molar-refractivity contribution in [3.63, 3.8) is 0 Å². The fourth-order valence-corrected chi connectivity index (χ4v) is 5.00. The van der Waals surface area contributed by atoms with Crippen LogP contribution in [-0.4, -0.2) is 0 Å². The molecule has 0 saturated carbocycles. The van der Waals surface area contributed by atoms with E-state index in [1.54, 1.807) is 12.1 Å². The number of nitrogens with one attached hydrogen (secondary N) is 1. The number of hydrogen-bond donors (Lipinski definition) is 2. The van der Waals surface area contributed by atoms with Crippen LogP contribution in [0, 0.1) is 12.5 Å². The van der Waals surface area contributed by atoms with Crippen LogP contribution in [0.25, 0.3) is 43.4 Å². The average Bonchev–Trinajstić information content (AvgIpc) is 3.06. The van der Waals surface area contributed by atoms with Crippen LogP contribution >= 0.6 is 0 Å². The third-order valence-corrected chi connectivity index (χ3v) is 7.07. The Hall–Kier alpha value is -5.12. The highest BCUT2D eigenvalue weighted by molar-refractivity contribution is 6.25. The van der Waals surface area contributed by atoms with Crippen LogP contribution in [0.3, 0.4) is 0 Å². The first kappa shape index (κ1) is 27.4. The number of aryl methyl sites for hydroxylation is 1. The minimum atomic E-state index is 0.564. The van der Waals surface area contributed by atoms with Crippen molar-refractivity contribution in [3.8, 4) is 11.1 Å². The molecule has 3 N–H and O–H groups in total. The summed E-state index contributed by atoms with van der Waals surface area (Å²) in [7, 11) is 0. The van der Waals surface area contributed by atoms with Crippen molar-refractivity contribution in [1.29, 1.82) is 5.53 Å². The fourth-order valence-electron chi connectivity index (χ4n) is 5.00. The van der Waals surface area contributed by atoms with Gasteiger partial charge < -0.3 is 5.73 Å². The highest BCUT2D eigenvalue weighted by Gasteiger charge is 2.09. The number of fused-ring (bicyclic) bond motifs is 6. The van der Waals surface area contributed by atoms with E-state index in [4.69, 9.17) is 11.3 Å². The maximum absolute atomic E-state index is 6.57. The lowest BCUT2D eigenvalue weighted by atomic mass is 9.92. The molecule has 0 aliphatic rings. The lowest BCUT2D eigenvalue weighted by Gasteiger charge is -2.12. The van der Waals surface area contributed by atoms with E-state index in [9.17, 15) is 0 Å². The zero-order chi connectivity index (χ0) is 28.4. The van der Waals surface area contributed by atoms with Crippen LogP contribution in [-0.2, 0) is 6.54 Å². The largest absolute Gasteiger partial charge is 0.326 e. The van der Waals surface area contributed by atoms with Crippen molar-refractivity contribution in [3.05, 3.63) is 163 Å². The molecule has 0 heterocycles. The maximum Gasteiger partial charge on any atom is 0.0849 e. The minimum Gasteiger partial charge on any atom is -0.326 e. The zero-order valence-corrected chi connectivity index (χ0v) is 23.2. The average molecular weight is 532 g/mol. The summed E-state index contributed by atoms with van der Waals surface area (Å²) in [6, 6.07) is 52.1. The first-order valence-electron chi connectivity index (χ1n) is 13.7. The number of nitrogens with zero attached hydrogens (tertiary/aromatic N) is 1. The molecular weight excluding hydrogens is 498 g/mol. The molecule has 0 unspecified atom stereocenters. The lowest BCUT2D eigenvalue weighted by Crippen LogP contribution is -1.95. The number of hydrogen-bond acceptors (Lipinski definition) is 3.